The number of nitrogens with zero attached hydrogens (tertiary/aromatic N) is 1. The summed E-state index contributed by atoms with van der Waals surface area (Å²) in [6.45, 7) is 0. The standard InChI is InChI=1S/C21H18ClNO4/c22-14-10-8-13(9-11-14)21(26)27-16-5-3-4-15(12-16)23-19(24)17-6-1-2-7-18(17)20(23)25/h3-5,8-12,17-18H,1-2,6-7H2/t17-,18-/m0/s1. The fraction of sp³-hybridized carbons (Fsp3) is 0.286. The Balaban J connectivity index is 1.56. The van der Waals surface area contributed by atoms with Crippen LogP contribution in [0.1, 0.15) is 36.0 Å². The summed E-state index contributed by atoms with van der Waals surface area (Å²) in [5.41, 5.74) is 0.810. The quantitative estimate of drug-likeness (QED) is 0.452. The summed E-state index contributed by atoms with van der Waals surface area (Å²) in [6.07, 6.45) is 3.48. The second-order valence-corrected chi connectivity index (χ2v) is 7.34. The summed E-state index contributed by atoms with van der Waals surface area (Å²) in [4.78, 5) is 39.0. The summed E-state index contributed by atoms with van der Waals surface area (Å²) in [5, 5.41) is 0.529. The third kappa shape index (κ3) is 3.35. The molecule has 1 heterocycles. The van der Waals surface area contributed by atoms with Crippen molar-refractivity contribution in [1.82, 2.24) is 0 Å². The Bertz CT molecular complexity index is 885. The molecule has 4 rings (SSSR count). The third-order valence-corrected chi connectivity index (χ3v) is 5.46. The lowest BCUT2D eigenvalue weighted by atomic mass is 9.81. The first-order valence-electron chi connectivity index (χ1n) is 9.00. The first kappa shape index (κ1) is 17.7. The molecule has 5 nitrogen and oxygen atoms in total. The number of halogens is 1. The summed E-state index contributed by atoms with van der Waals surface area (Å²) < 4.78 is 5.40. The van der Waals surface area contributed by atoms with Crippen LogP contribution in [0.3, 0.4) is 0 Å². The van der Waals surface area contributed by atoms with Crippen molar-refractivity contribution in [3.63, 3.8) is 0 Å². The molecule has 1 saturated heterocycles. The molecule has 138 valence electrons. The first-order chi connectivity index (χ1) is 13.0. The fourth-order valence-electron chi connectivity index (χ4n) is 3.85. The van der Waals surface area contributed by atoms with Gasteiger partial charge in [-0.15, -0.1) is 0 Å². The lowest BCUT2D eigenvalue weighted by molar-refractivity contribution is -0.122. The van der Waals surface area contributed by atoms with Crippen molar-refractivity contribution < 1.29 is 19.1 Å². The number of imide groups is 1. The van der Waals surface area contributed by atoms with Crippen molar-refractivity contribution in [2.24, 2.45) is 11.8 Å². The fourth-order valence-corrected chi connectivity index (χ4v) is 3.98. The molecule has 0 aromatic heterocycles. The van der Waals surface area contributed by atoms with Crippen molar-refractivity contribution in [3.05, 3.63) is 59.1 Å². The number of anilines is 1. The lowest BCUT2D eigenvalue weighted by Gasteiger charge is -2.19. The molecule has 1 saturated carbocycles. The van der Waals surface area contributed by atoms with Gasteiger partial charge in [-0.2, -0.15) is 0 Å². The van der Waals surface area contributed by atoms with E-state index in [1.54, 1.807) is 48.5 Å². The molecule has 6 heteroatoms. The lowest BCUT2D eigenvalue weighted by Crippen LogP contribution is -2.30. The second kappa shape index (κ2) is 7.16. The first-order valence-corrected chi connectivity index (χ1v) is 9.38. The van der Waals surface area contributed by atoms with Gasteiger partial charge in [0.15, 0.2) is 0 Å². The Morgan fingerprint density at radius 2 is 1.59 bits per heavy atom. The van der Waals surface area contributed by atoms with Gasteiger partial charge in [0, 0.05) is 11.1 Å². The van der Waals surface area contributed by atoms with E-state index in [-0.39, 0.29) is 29.4 Å². The van der Waals surface area contributed by atoms with Crippen LogP contribution < -0.4 is 9.64 Å². The number of ether oxygens (including phenoxy) is 1. The number of esters is 1. The van der Waals surface area contributed by atoms with Gasteiger partial charge < -0.3 is 4.74 Å². The average Bonchev–Trinajstić information content (AvgIpc) is 2.93. The van der Waals surface area contributed by atoms with Crippen molar-refractivity contribution in [2.45, 2.75) is 25.7 Å². The van der Waals surface area contributed by atoms with E-state index in [2.05, 4.69) is 0 Å². The highest BCUT2D eigenvalue weighted by molar-refractivity contribution is 6.30. The maximum Gasteiger partial charge on any atom is 0.343 e. The second-order valence-electron chi connectivity index (χ2n) is 6.90. The Hall–Kier alpha value is -2.66. The predicted molar refractivity (Wildman–Crippen MR) is 101 cm³/mol. The van der Waals surface area contributed by atoms with Crippen LogP contribution in [0, 0.1) is 11.8 Å². The Morgan fingerprint density at radius 1 is 0.963 bits per heavy atom. The molecule has 2 aliphatic rings. The van der Waals surface area contributed by atoms with E-state index in [1.165, 1.54) is 4.90 Å². The number of hydrogen-bond acceptors (Lipinski definition) is 4. The molecule has 2 atom stereocenters. The van der Waals surface area contributed by atoms with Crippen LogP contribution >= 0.6 is 11.6 Å². The van der Waals surface area contributed by atoms with Crippen LogP contribution in [0.5, 0.6) is 5.75 Å². The normalized spacial score (nSPS) is 21.9. The topological polar surface area (TPSA) is 63.7 Å². The molecular formula is C21H18ClNO4. The van der Waals surface area contributed by atoms with E-state index in [9.17, 15) is 14.4 Å². The maximum atomic E-state index is 12.7. The highest BCUT2D eigenvalue weighted by atomic mass is 35.5. The maximum absolute atomic E-state index is 12.7. The van der Waals surface area contributed by atoms with Gasteiger partial charge >= 0.3 is 5.97 Å². The minimum atomic E-state index is -0.531. The predicted octanol–water partition coefficient (Wildman–Crippen LogP) is 4.24. The van der Waals surface area contributed by atoms with Gasteiger partial charge in [0.2, 0.25) is 11.8 Å². The number of benzene rings is 2. The van der Waals surface area contributed by atoms with Crippen molar-refractivity contribution in [1.29, 1.82) is 0 Å². The molecule has 0 unspecified atom stereocenters. The summed E-state index contributed by atoms with van der Waals surface area (Å²) in [6, 6.07) is 12.9. The molecule has 0 bridgehead atoms. The van der Waals surface area contributed by atoms with E-state index >= 15 is 0 Å². The van der Waals surface area contributed by atoms with Crippen LogP contribution in [0.4, 0.5) is 5.69 Å². The average molecular weight is 384 g/mol. The van der Waals surface area contributed by atoms with Crippen LogP contribution in [-0.4, -0.2) is 17.8 Å². The minimum Gasteiger partial charge on any atom is -0.423 e. The van der Waals surface area contributed by atoms with Crippen LogP contribution in [0.2, 0.25) is 5.02 Å². The molecule has 27 heavy (non-hydrogen) atoms. The van der Waals surface area contributed by atoms with E-state index in [1.807, 2.05) is 0 Å². The Morgan fingerprint density at radius 3 is 2.22 bits per heavy atom. The van der Waals surface area contributed by atoms with E-state index < -0.39 is 5.97 Å². The van der Waals surface area contributed by atoms with Gasteiger partial charge in [0.25, 0.3) is 0 Å². The number of fused-ring (bicyclic) bond motifs is 1. The molecule has 1 aliphatic heterocycles. The van der Waals surface area contributed by atoms with Crippen LogP contribution in [0.15, 0.2) is 48.5 Å². The zero-order valence-electron chi connectivity index (χ0n) is 14.6. The largest absolute Gasteiger partial charge is 0.423 e. The monoisotopic (exact) mass is 383 g/mol. The number of rotatable bonds is 3. The molecule has 2 aromatic rings. The number of carbonyl (C=O) groups is 3. The zero-order valence-corrected chi connectivity index (χ0v) is 15.3. The molecular weight excluding hydrogens is 366 g/mol. The van der Waals surface area contributed by atoms with E-state index in [4.69, 9.17) is 16.3 Å². The van der Waals surface area contributed by atoms with Crippen molar-refractivity contribution >= 4 is 35.1 Å². The molecule has 0 spiro atoms. The molecule has 2 amide bonds. The molecule has 1 aliphatic carbocycles. The summed E-state index contributed by atoms with van der Waals surface area (Å²) in [7, 11) is 0. The SMILES string of the molecule is O=C(Oc1cccc(N2C(=O)[C@H]3CCCC[C@@H]3C2=O)c1)c1ccc(Cl)cc1. The van der Waals surface area contributed by atoms with Gasteiger partial charge in [0.05, 0.1) is 23.1 Å². The molecule has 2 aromatic carbocycles. The number of carbonyl (C=O) groups excluding carboxylic acids is 3. The van der Waals surface area contributed by atoms with E-state index in [0.29, 0.717) is 16.3 Å². The third-order valence-electron chi connectivity index (χ3n) is 5.21. The van der Waals surface area contributed by atoms with Gasteiger partial charge in [-0.1, -0.05) is 30.5 Å². The summed E-state index contributed by atoms with van der Waals surface area (Å²) >= 11 is 5.83. The number of hydrogen-bond donors (Lipinski definition) is 0. The van der Waals surface area contributed by atoms with Crippen LogP contribution in [-0.2, 0) is 9.59 Å². The zero-order chi connectivity index (χ0) is 19.0. The summed E-state index contributed by atoms with van der Waals surface area (Å²) in [5.74, 6) is -0.978. The highest BCUT2D eigenvalue weighted by Gasteiger charge is 2.48. The van der Waals surface area contributed by atoms with E-state index in [0.717, 1.165) is 25.7 Å². The van der Waals surface area contributed by atoms with Gasteiger partial charge in [-0.05, 0) is 49.2 Å². The highest BCUT2D eigenvalue weighted by Crippen LogP contribution is 2.40. The van der Waals surface area contributed by atoms with Crippen molar-refractivity contribution in [3.8, 4) is 5.75 Å². The molecule has 0 N–H and O–H groups in total. The van der Waals surface area contributed by atoms with Gasteiger partial charge in [-0.3, -0.25) is 9.59 Å². The minimum absolute atomic E-state index is 0.147. The Kier molecular flexibility index (Phi) is 4.70. The van der Waals surface area contributed by atoms with Gasteiger partial charge in [-0.25, -0.2) is 9.69 Å². The molecule has 0 radical (unpaired) electrons. The smallest absolute Gasteiger partial charge is 0.343 e. The molecule has 2 fully saturated rings. The number of amides is 2. The van der Waals surface area contributed by atoms with Crippen LogP contribution in [0.25, 0.3) is 0 Å². The van der Waals surface area contributed by atoms with Crippen molar-refractivity contribution in [2.75, 3.05) is 4.90 Å². The van der Waals surface area contributed by atoms with Gasteiger partial charge in [0.1, 0.15) is 5.75 Å². The Labute approximate surface area is 161 Å².